The average molecular weight is 413 g/mol. The number of nitrogens with one attached hydrogen (secondary N) is 1. The van der Waals surface area contributed by atoms with Crippen LogP contribution in [0.15, 0.2) is 28.1 Å². The first-order chi connectivity index (χ1) is 11.0. The zero-order chi connectivity index (χ0) is 16.4. The van der Waals surface area contributed by atoms with Crippen LogP contribution in [0.4, 0.5) is 5.69 Å². The summed E-state index contributed by atoms with van der Waals surface area (Å²) < 4.78 is 0.936. The van der Waals surface area contributed by atoms with Crippen LogP contribution in [0.2, 0.25) is 5.02 Å². The second-order valence-electron chi connectivity index (χ2n) is 6.11. The van der Waals surface area contributed by atoms with Crippen LogP contribution >= 0.6 is 38.9 Å². The molecular formula is C18H19BrClNOS. The molecule has 23 heavy (non-hydrogen) atoms. The summed E-state index contributed by atoms with van der Waals surface area (Å²) >= 11 is 11.4. The van der Waals surface area contributed by atoms with Crippen molar-refractivity contribution in [3.8, 4) is 0 Å². The third-order valence-electron chi connectivity index (χ3n) is 4.39. The molecule has 3 rings (SSSR count). The van der Waals surface area contributed by atoms with Crippen LogP contribution in [0, 0.1) is 6.92 Å². The Hall–Kier alpha value is -0.840. The van der Waals surface area contributed by atoms with Crippen molar-refractivity contribution in [2.45, 2.75) is 44.9 Å². The maximum absolute atomic E-state index is 12.5. The summed E-state index contributed by atoms with van der Waals surface area (Å²) in [6.07, 6.45) is 6.45. The van der Waals surface area contributed by atoms with E-state index >= 15 is 0 Å². The Morgan fingerprint density at radius 3 is 2.74 bits per heavy atom. The minimum Gasteiger partial charge on any atom is -0.321 e. The molecule has 1 aromatic carbocycles. The lowest BCUT2D eigenvalue weighted by Gasteiger charge is -2.19. The van der Waals surface area contributed by atoms with Gasteiger partial charge in [0.25, 0.3) is 5.91 Å². The summed E-state index contributed by atoms with van der Waals surface area (Å²) in [6, 6.07) is 5.75. The van der Waals surface area contributed by atoms with E-state index in [1.54, 1.807) is 11.3 Å². The van der Waals surface area contributed by atoms with Gasteiger partial charge in [0.1, 0.15) is 0 Å². The highest BCUT2D eigenvalue weighted by atomic mass is 79.9. The van der Waals surface area contributed by atoms with Crippen LogP contribution in [0.1, 0.15) is 58.8 Å². The maximum atomic E-state index is 12.5. The van der Waals surface area contributed by atoms with E-state index in [0.717, 1.165) is 15.6 Å². The van der Waals surface area contributed by atoms with Crippen molar-refractivity contribution < 1.29 is 4.79 Å². The largest absolute Gasteiger partial charge is 0.321 e. The lowest BCUT2D eigenvalue weighted by atomic mass is 9.88. The summed E-state index contributed by atoms with van der Waals surface area (Å²) in [5, 5.41) is 5.43. The van der Waals surface area contributed by atoms with Crippen molar-refractivity contribution in [2.24, 2.45) is 0 Å². The molecule has 2 nitrogen and oxygen atoms in total. The van der Waals surface area contributed by atoms with Gasteiger partial charge in [-0.15, -0.1) is 11.3 Å². The van der Waals surface area contributed by atoms with Gasteiger partial charge in [-0.25, -0.2) is 0 Å². The van der Waals surface area contributed by atoms with Gasteiger partial charge in [-0.2, -0.15) is 0 Å². The summed E-state index contributed by atoms with van der Waals surface area (Å²) in [4.78, 5) is 13.8. The van der Waals surface area contributed by atoms with Gasteiger partial charge in [0, 0.05) is 14.7 Å². The predicted octanol–water partition coefficient (Wildman–Crippen LogP) is 6.77. The van der Waals surface area contributed by atoms with Crippen LogP contribution in [0.3, 0.4) is 0 Å². The van der Waals surface area contributed by atoms with E-state index < -0.39 is 0 Å². The molecule has 1 fully saturated rings. The Balaban J connectivity index is 1.74. The molecule has 1 saturated carbocycles. The van der Waals surface area contributed by atoms with Gasteiger partial charge >= 0.3 is 0 Å². The number of aryl methyl sites for hydroxylation is 1. The number of hydrogen-bond acceptors (Lipinski definition) is 2. The van der Waals surface area contributed by atoms with E-state index in [4.69, 9.17) is 11.6 Å². The molecule has 122 valence electrons. The summed E-state index contributed by atoms with van der Waals surface area (Å²) in [5.74, 6) is 0.536. The van der Waals surface area contributed by atoms with Crippen LogP contribution in [0.25, 0.3) is 0 Å². The number of halogens is 2. The molecule has 1 aromatic heterocycles. The molecule has 0 atom stereocenters. The van der Waals surface area contributed by atoms with Crippen molar-refractivity contribution in [1.82, 2.24) is 0 Å². The number of carbonyl (C=O) groups excluding carboxylic acids is 1. The smallest absolute Gasteiger partial charge is 0.256 e. The van der Waals surface area contributed by atoms with E-state index in [-0.39, 0.29) is 5.91 Å². The van der Waals surface area contributed by atoms with E-state index in [9.17, 15) is 4.79 Å². The van der Waals surface area contributed by atoms with E-state index in [0.29, 0.717) is 16.6 Å². The number of hydrogen-bond donors (Lipinski definition) is 1. The zero-order valence-corrected chi connectivity index (χ0v) is 16.2. The molecule has 0 radical (unpaired) electrons. The van der Waals surface area contributed by atoms with E-state index in [1.807, 2.05) is 30.5 Å². The third kappa shape index (κ3) is 3.98. The Morgan fingerprint density at radius 1 is 1.26 bits per heavy atom. The number of rotatable bonds is 3. The van der Waals surface area contributed by atoms with Gasteiger partial charge in [-0.3, -0.25) is 4.79 Å². The standard InChI is InChI=1S/C18H19BrClNOS/c1-11-7-15(20)16(9-14(11)19)21-18(22)13-8-17(23-10-13)12-5-3-2-4-6-12/h7-10,12H,2-6H2,1H3,(H,21,22). The Kier molecular flexibility index (Phi) is 5.45. The van der Waals surface area contributed by atoms with Crippen molar-refractivity contribution in [2.75, 3.05) is 5.32 Å². The molecule has 1 N–H and O–H groups in total. The fraction of sp³-hybridized carbons (Fsp3) is 0.389. The Labute approximate surface area is 154 Å². The topological polar surface area (TPSA) is 29.1 Å². The molecule has 0 unspecified atom stereocenters. The lowest BCUT2D eigenvalue weighted by molar-refractivity contribution is 0.102. The first-order valence-corrected chi connectivity index (χ1v) is 9.95. The molecule has 1 heterocycles. The van der Waals surface area contributed by atoms with Gasteiger partial charge in [0.15, 0.2) is 0 Å². The lowest BCUT2D eigenvalue weighted by Crippen LogP contribution is -2.11. The highest BCUT2D eigenvalue weighted by Crippen LogP contribution is 2.36. The molecule has 1 aliphatic rings. The fourth-order valence-corrected chi connectivity index (χ4v) is 4.68. The summed E-state index contributed by atoms with van der Waals surface area (Å²) in [7, 11) is 0. The van der Waals surface area contributed by atoms with Crippen molar-refractivity contribution in [1.29, 1.82) is 0 Å². The summed E-state index contributed by atoms with van der Waals surface area (Å²) in [6.45, 7) is 1.97. The molecule has 0 saturated heterocycles. The quantitative estimate of drug-likeness (QED) is 0.592. The maximum Gasteiger partial charge on any atom is 0.256 e. The Bertz CT molecular complexity index is 722. The fourth-order valence-electron chi connectivity index (χ4n) is 3.01. The van der Waals surface area contributed by atoms with E-state index in [2.05, 4.69) is 21.2 Å². The highest BCUT2D eigenvalue weighted by molar-refractivity contribution is 9.10. The predicted molar refractivity (Wildman–Crippen MR) is 102 cm³/mol. The van der Waals surface area contributed by atoms with Crippen molar-refractivity contribution in [3.05, 3.63) is 49.1 Å². The highest BCUT2D eigenvalue weighted by Gasteiger charge is 2.19. The molecule has 0 bridgehead atoms. The zero-order valence-electron chi connectivity index (χ0n) is 13.0. The Morgan fingerprint density at radius 2 is 2.00 bits per heavy atom. The van der Waals surface area contributed by atoms with Crippen LogP contribution < -0.4 is 5.32 Å². The molecule has 0 spiro atoms. The average Bonchev–Trinajstić information content (AvgIpc) is 3.03. The first-order valence-electron chi connectivity index (χ1n) is 7.90. The van der Waals surface area contributed by atoms with Gasteiger partial charge in [-0.1, -0.05) is 46.8 Å². The number of thiophene rings is 1. The number of carbonyl (C=O) groups is 1. The van der Waals surface area contributed by atoms with E-state index in [1.165, 1.54) is 37.0 Å². The van der Waals surface area contributed by atoms with Crippen molar-refractivity contribution in [3.63, 3.8) is 0 Å². The third-order valence-corrected chi connectivity index (χ3v) is 6.65. The minimum absolute atomic E-state index is 0.0963. The monoisotopic (exact) mass is 411 g/mol. The van der Waals surface area contributed by atoms with Crippen LogP contribution in [0.5, 0.6) is 0 Å². The van der Waals surface area contributed by atoms with Gasteiger partial charge < -0.3 is 5.32 Å². The van der Waals surface area contributed by atoms with Crippen LogP contribution in [-0.4, -0.2) is 5.91 Å². The second kappa shape index (κ2) is 7.37. The van der Waals surface area contributed by atoms with Gasteiger partial charge in [0.2, 0.25) is 0 Å². The SMILES string of the molecule is Cc1cc(Cl)c(NC(=O)c2csc(C3CCCCC3)c2)cc1Br. The minimum atomic E-state index is -0.0963. The number of anilines is 1. The molecular weight excluding hydrogens is 394 g/mol. The van der Waals surface area contributed by atoms with Gasteiger partial charge in [0.05, 0.1) is 16.3 Å². The summed E-state index contributed by atoms with van der Waals surface area (Å²) in [5.41, 5.74) is 2.41. The second-order valence-corrected chi connectivity index (χ2v) is 8.31. The van der Waals surface area contributed by atoms with Crippen LogP contribution in [-0.2, 0) is 0 Å². The first kappa shape index (κ1) is 17.0. The van der Waals surface area contributed by atoms with Crippen molar-refractivity contribution >= 4 is 50.5 Å². The normalized spacial score (nSPS) is 15.6. The molecule has 1 amide bonds. The molecule has 2 aromatic rings. The molecule has 1 aliphatic carbocycles. The van der Waals surface area contributed by atoms with Gasteiger partial charge in [-0.05, 0) is 49.4 Å². The number of amides is 1. The number of benzene rings is 1. The molecule has 0 aliphatic heterocycles. The molecule has 5 heteroatoms.